The average Bonchev–Trinajstić information content (AvgIpc) is 2.63. The average molecular weight is 414 g/mol. The van der Waals surface area contributed by atoms with Crippen LogP contribution in [0.3, 0.4) is 0 Å². The third-order valence-electron chi connectivity index (χ3n) is 4.27. The van der Waals surface area contributed by atoms with Crippen LogP contribution in [0.15, 0.2) is 91.0 Å². The fourth-order valence-electron chi connectivity index (χ4n) is 3.39. The van der Waals surface area contributed by atoms with Gasteiger partial charge in [-0.25, -0.2) is 0 Å². The van der Waals surface area contributed by atoms with Crippen LogP contribution in [0.2, 0.25) is 0 Å². The molecule has 0 fully saturated rings. The van der Waals surface area contributed by atoms with Crippen LogP contribution in [0.1, 0.15) is 20.8 Å². The summed E-state index contributed by atoms with van der Waals surface area (Å²) in [6.07, 6.45) is 0. The standard InChI is InChI=1S/C22H25BrNP/c1-22(2,3)24-25(23,19-13-7-4-8-14-19,20-15-9-5-10-16-20)21-17-11-6-12-18-21/h4-18,24H,1-3H3. The molecule has 3 aromatic carbocycles. The van der Waals surface area contributed by atoms with Crippen molar-refractivity contribution in [2.24, 2.45) is 0 Å². The van der Waals surface area contributed by atoms with Crippen LogP contribution >= 0.6 is 20.9 Å². The van der Waals surface area contributed by atoms with E-state index in [9.17, 15) is 0 Å². The van der Waals surface area contributed by atoms with Gasteiger partial charge in [-0.15, -0.1) is 0 Å². The molecule has 0 aliphatic heterocycles. The Labute approximate surface area is 159 Å². The molecule has 3 heteroatoms. The first-order chi connectivity index (χ1) is 11.8. The number of halogens is 1. The quantitative estimate of drug-likeness (QED) is 0.584. The molecule has 0 amide bonds. The predicted molar refractivity (Wildman–Crippen MR) is 117 cm³/mol. The van der Waals surface area contributed by atoms with Crippen LogP contribution in [0, 0.1) is 0 Å². The predicted octanol–water partition coefficient (Wildman–Crippen LogP) is 5.13. The van der Waals surface area contributed by atoms with E-state index in [2.05, 4.69) is 132 Å². The second kappa shape index (κ2) is 6.68. The second-order valence-electron chi connectivity index (χ2n) is 7.38. The maximum absolute atomic E-state index is 4.37. The Bertz CT molecular complexity index is 727. The Morgan fingerprint density at radius 3 is 1.12 bits per heavy atom. The van der Waals surface area contributed by atoms with E-state index in [-0.39, 0.29) is 5.54 Å². The number of hydrogen-bond acceptors (Lipinski definition) is 1. The van der Waals surface area contributed by atoms with Crippen molar-refractivity contribution in [1.82, 2.24) is 5.09 Å². The summed E-state index contributed by atoms with van der Waals surface area (Å²) in [6.45, 7) is 6.68. The van der Waals surface area contributed by atoms with E-state index in [1.54, 1.807) is 0 Å². The number of benzene rings is 3. The molecule has 0 unspecified atom stereocenters. The molecule has 0 radical (unpaired) electrons. The fourth-order valence-corrected chi connectivity index (χ4v) is 11.9. The summed E-state index contributed by atoms with van der Waals surface area (Å²) in [4.78, 5) is 0. The Hall–Kier alpha value is -1.47. The van der Waals surface area contributed by atoms with Crippen LogP contribution in [0.5, 0.6) is 0 Å². The summed E-state index contributed by atoms with van der Waals surface area (Å²) in [7, 11) is 0. The molecule has 3 aromatic rings. The van der Waals surface area contributed by atoms with E-state index < -0.39 is 5.46 Å². The molecule has 3 rings (SSSR count). The SMILES string of the molecule is CC(C)(C)NP(Br)(c1ccccc1)(c1ccccc1)c1ccccc1. The molecular weight excluding hydrogens is 389 g/mol. The maximum atomic E-state index is 4.37. The third kappa shape index (κ3) is 3.31. The summed E-state index contributed by atoms with van der Waals surface area (Å²) >= 11 is 4.37. The van der Waals surface area contributed by atoms with Gasteiger partial charge in [-0.1, -0.05) is 0 Å². The van der Waals surface area contributed by atoms with E-state index in [4.69, 9.17) is 0 Å². The Morgan fingerprint density at radius 2 is 0.880 bits per heavy atom. The van der Waals surface area contributed by atoms with Crippen molar-refractivity contribution in [2.45, 2.75) is 26.3 Å². The minimum absolute atomic E-state index is 0.0805. The molecule has 0 saturated heterocycles. The minimum atomic E-state index is -3.01. The molecule has 0 aliphatic rings. The van der Waals surface area contributed by atoms with Gasteiger partial charge in [0.05, 0.1) is 0 Å². The molecule has 0 atom stereocenters. The van der Waals surface area contributed by atoms with Crippen LogP contribution in [0.25, 0.3) is 0 Å². The van der Waals surface area contributed by atoms with Gasteiger partial charge in [-0.3, -0.25) is 0 Å². The van der Waals surface area contributed by atoms with Crippen molar-refractivity contribution < 1.29 is 0 Å². The molecule has 0 bridgehead atoms. The first-order valence-corrected chi connectivity index (χ1v) is 12.8. The van der Waals surface area contributed by atoms with Gasteiger partial charge in [-0.2, -0.15) is 0 Å². The van der Waals surface area contributed by atoms with Crippen LogP contribution in [-0.4, -0.2) is 5.54 Å². The van der Waals surface area contributed by atoms with Gasteiger partial charge in [0, 0.05) is 0 Å². The normalized spacial score (nSPS) is 13.8. The zero-order valence-corrected chi connectivity index (χ0v) is 17.5. The zero-order chi connectivity index (χ0) is 18.0. The molecular formula is C22H25BrNP. The van der Waals surface area contributed by atoms with Gasteiger partial charge in [0.1, 0.15) is 0 Å². The number of hydrogen-bond donors (Lipinski definition) is 1. The van der Waals surface area contributed by atoms with Gasteiger partial charge >= 0.3 is 159 Å². The van der Waals surface area contributed by atoms with E-state index in [0.29, 0.717) is 0 Å². The van der Waals surface area contributed by atoms with E-state index >= 15 is 0 Å². The van der Waals surface area contributed by atoms with E-state index in [1.165, 1.54) is 15.9 Å². The van der Waals surface area contributed by atoms with E-state index in [1.807, 2.05) is 0 Å². The van der Waals surface area contributed by atoms with Crippen molar-refractivity contribution in [3.05, 3.63) is 91.0 Å². The first-order valence-electron chi connectivity index (χ1n) is 8.55. The topological polar surface area (TPSA) is 12.0 Å². The van der Waals surface area contributed by atoms with Crippen LogP contribution in [0.4, 0.5) is 0 Å². The van der Waals surface area contributed by atoms with Crippen LogP contribution in [-0.2, 0) is 0 Å². The van der Waals surface area contributed by atoms with Gasteiger partial charge < -0.3 is 0 Å². The van der Waals surface area contributed by atoms with Crippen molar-refractivity contribution >= 4 is 36.9 Å². The van der Waals surface area contributed by atoms with Crippen molar-refractivity contribution in [2.75, 3.05) is 0 Å². The third-order valence-corrected chi connectivity index (χ3v) is 13.4. The summed E-state index contributed by atoms with van der Waals surface area (Å²) in [5.41, 5.74) is -3.09. The monoisotopic (exact) mass is 413 g/mol. The van der Waals surface area contributed by atoms with Gasteiger partial charge in [0.15, 0.2) is 0 Å². The molecule has 0 saturated carbocycles. The summed E-state index contributed by atoms with van der Waals surface area (Å²) in [6, 6.07) is 32.3. The zero-order valence-electron chi connectivity index (χ0n) is 15.0. The van der Waals surface area contributed by atoms with Crippen molar-refractivity contribution in [3.63, 3.8) is 0 Å². The number of rotatable bonds is 4. The van der Waals surface area contributed by atoms with E-state index in [0.717, 1.165) is 0 Å². The summed E-state index contributed by atoms with van der Waals surface area (Å²) in [5.74, 6) is 0. The molecule has 0 spiro atoms. The molecule has 0 aliphatic carbocycles. The molecule has 1 nitrogen and oxygen atoms in total. The summed E-state index contributed by atoms with van der Waals surface area (Å²) < 4.78 is 0. The van der Waals surface area contributed by atoms with Gasteiger partial charge in [0.2, 0.25) is 0 Å². The van der Waals surface area contributed by atoms with Crippen molar-refractivity contribution in [3.8, 4) is 0 Å². The fraction of sp³-hybridized carbons (Fsp3) is 0.182. The Morgan fingerprint density at radius 1 is 0.600 bits per heavy atom. The molecule has 25 heavy (non-hydrogen) atoms. The number of nitrogens with one attached hydrogen (secondary N) is 1. The molecule has 0 aromatic heterocycles. The summed E-state index contributed by atoms with van der Waals surface area (Å²) in [5, 5.41) is 7.88. The Balaban J connectivity index is 2.45. The molecule has 130 valence electrons. The first kappa shape index (κ1) is 18.3. The molecule has 1 N–H and O–H groups in total. The Kier molecular flexibility index (Phi) is 4.90. The van der Waals surface area contributed by atoms with Crippen LogP contribution < -0.4 is 21.0 Å². The van der Waals surface area contributed by atoms with Gasteiger partial charge in [-0.05, 0) is 0 Å². The second-order valence-corrected chi connectivity index (χ2v) is 15.4. The van der Waals surface area contributed by atoms with Gasteiger partial charge in [0.25, 0.3) is 0 Å². The molecule has 0 heterocycles. The van der Waals surface area contributed by atoms with Crippen molar-refractivity contribution in [1.29, 1.82) is 0 Å².